The summed E-state index contributed by atoms with van der Waals surface area (Å²) in [7, 11) is -0.266. The molecule has 0 saturated heterocycles. The van der Waals surface area contributed by atoms with Gasteiger partial charge in [0.25, 0.3) is 0 Å². The van der Waals surface area contributed by atoms with E-state index in [0.717, 1.165) is 4.31 Å². The topological polar surface area (TPSA) is 66.5 Å². The van der Waals surface area contributed by atoms with Gasteiger partial charge in [-0.25, -0.2) is 12.7 Å². The fourth-order valence-corrected chi connectivity index (χ4v) is 1.76. The van der Waals surface area contributed by atoms with Crippen molar-refractivity contribution in [2.45, 2.75) is 6.42 Å². The van der Waals surface area contributed by atoms with Gasteiger partial charge in [0.2, 0.25) is 15.9 Å². The lowest BCUT2D eigenvalue weighted by atomic mass is 10.4. The Bertz CT molecular complexity index is 277. The molecule has 0 spiro atoms. The van der Waals surface area contributed by atoms with Crippen molar-refractivity contribution in [1.29, 1.82) is 0 Å². The van der Waals surface area contributed by atoms with Gasteiger partial charge in [0, 0.05) is 32.4 Å². The average molecular weight is 287 g/mol. The van der Waals surface area contributed by atoms with Gasteiger partial charge in [-0.1, -0.05) is 15.9 Å². The number of hydrogen-bond acceptors (Lipinski definition) is 3. The number of nitrogens with one attached hydrogen (secondary N) is 1. The minimum atomic E-state index is -3.20. The summed E-state index contributed by atoms with van der Waals surface area (Å²) in [5, 5.41) is 3.10. The normalized spacial score (nSPS) is 11.7. The highest BCUT2D eigenvalue weighted by Crippen LogP contribution is 1.92. The molecule has 0 heterocycles. The molecular formula is C7H15BrN2O3S. The van der Waals surface area contributed by atoms with Crippen LogP contribution in [0, 0.1) is 0 Å². The van der Waals surface area contributed by atoms with Crippen molar-refractivity contribution in [3.63, 3.8) is 0 Å². The third-order valence-corrected chi connectivity index (χ3v) is 3.79. The Morgan fingerprint density at radius 3 is 2.43 bits per heavy atom. The summed E-state index contributed by atoms with van der Waals surface area (Å²) in [4.78, 5) is 10.9. The van der Waals surface area contributed by atoms with Crippen LogP contribution in [0.1, 0.15) is 6.42 Å². The first-order valence-corrected chi connectivity index (χ1v) is 6.86. The predicted molar refractivity (Wildman–Crippen MR) is 58.9 cm³/mol. The largest absolute Gasteiger partial charge is 0.355 e. The number of sulfonamides is 1. The third-order valence-electron chi connectivity index (χ3n) is 1.56. The van der Waals surface area contributed by atoms with Crippen LogP contribution in [0.3, 0.4) is 0 Å². The van der Waals surface area contributed by atoms with Gasteiger partial charge in [-0.15, -0.1) is 0 Å². The molecule has 0 aromatic heterocycles. The van der Waals surface area contributed by atoms with Crippen LogP contribution in [-0.4, -0.2) is 50.4 Å². The van der Waals surface area contributed by atoms with E-state index in [9.17, 15) is 13.2 Å². The number of halogens is 1. The number of carbonyl (C=O) groups excluding carboxylic acids is 1. The molecule has 0 unspecified atom stereocenters. The van der Waals surface area contributed by atoms with Crippen molar-refractivity contribution in [2.75, 3.05) is 31.7 Å². The highest BCUT2D eigenvalue weighted by atomic mass is 79.9. The SMILES string of the molecule is CN(C)S(=O)(=O)CCNC(=O)CCBr. The van der Waals surface area contributed by atoms with Crippen LogP contribution >= 0.6 is 15.9 Å². The molecule has 0 aromatic carbocycles. The van der Waals surface area contributed by atoms with Crippen molar-refractivity contribution < 1.29 is 13.2 Å². The minimum absolute atomic E-state index is 0.0615. The van der Waals surface area contributed by atoms with Crippen LogP contribution in [0.4, 0.5) is 0 Å². The van der Waals surface area contributed by atoms with E-state index in [2.05, 4.69) is 21.2 Å². The summed E-state index contributed by atoms with van der Waals surface area (Å²) in [5.74, 6) is -0.204. The molecule has 84 valence electrons. The summed E-state index contributed by atoms with van der Waals surface area (Å²) in [6.45, 7) is 0.159. The first kappa shape index (κ1) is 13.9. The molecular weight excluding hydrogens is 272 g/mol. The Balaban J connectivity index is 3.80. The molecule has 1 amide bonds. The molecule has 0 atom stereocenters. The predicted octanol–water partition coefficient (Wildman–Crippen LogP) is -0.221. The number of alkyl halides is 1. The Labute approximate surface area is 93.0 Å². The molecule has 0 rings (SSSR count). The molecule has 14 heavy (non-hydrogen) atoms. The summed E-state index contributed by atoms with van der Waals surface area (Å²) in [6, 6.07) is 0. The first-order chi connectivity index (χ1) is 6.40. The monoisotopic (exact) mass is 286 g/mol. The van der Waals surface area contributed by atoms with Gasteiger partial charge in [0.05, 0.1) is 5.75 Å². The maximum Gasteiger partial charge on any atom is 0.220 e. The maximum atomic E-state index is 11.2. The van der Waals surface area contributed by atoms with Gasteiger partial charge < -0.3 is 5.32 Å². The molecule has 0 aliphatic carbocycles. The Morgan fingerprint density at radius 1 is 1.43 bits per heavy atom. The van der Waals surface area contributed by atoms with Crippen LogP contribution in [-0.2, 0) is 14.8 Å². The van der Waals surface area contributed by atoms with Gasteiger partial charge in [0.15, 0.2) is 0 Å². The van der Waals surface area contributed by atoms with E-state index in [4.69, 9.17) is 0 Å². The fourth-order valence-electron chi connectivity index (χ4n) is 0.676. The van der Waals surface area contributed by atoms with Gasteiger partial charge in [-0.05, 0) is 0 Å². The van der Waals surface area contributed by atoms with Crippen molar-refractivity contribution in [1.82, 2.24) is 9.62 Å². The second kappa shape index (κ2) is 6.36. The second-order valence-electron chi connectivity index (χ2n) is 2.89. The lowest BCUT2D eigenvalue weighted by Gasteiger charge is -2.11. The Hall–Kier alpha value is -0.140. The van der Waals surface area contributed by atoms with Gasteiger partial charge in [-0.2, -0.15) is 0 Å². The minimum Gasteiger partial charge on any atom is -0.355 e. The smallest absolute Gasteiger partial charge is 0.220 e. The summed E-state index contributed by atoms with van der Waals surface area (Å²) in [6.07, 6.45) is 0.363. The van der Waals surface area contributed by atoms with Crippen molar-refractivity contribution >= 4 is 31.9 Å². The zero-order chi connectivity index (χ0) is 11.2. The van der Waals surface area contributed by atoms with Gasteiger partial charge in [0.1, 0.15) is 0 Å². The van der Waals surface area contributed by atoms with Crippen LogP contribution in [0.15, 0.2) is 0 Å². The third kappa shape index (κ3) is 5.56. The highest BCUT2D eigenvalue weighted by molar-refractivity contribution is 9.09. The zero-order valence-corrected chi connectivity index (χ0v) is 10.7. The molecule has 0 fully saturated rings. The lowest BCUT2D eigenvalue weighted by molar-refractivity contribution is -0.120. The molecule has 0 aliphatic heterocycles. The quantitative estimate of drug-likeness (QED) is 0.687. The van der Waals surface area contributed by atoms with Crippen molar-refractivity contribution in [3.8, 4) is 0 Å². The second-order valence-corrected chi connectivity index (χ2v) is 5.98. The van der Waals surface area contributed by atoms with E-state index in [0.29, 0.717) is 11.8 Å². The van der Waals surface area contributed by atoms with E-state index in [-0.39, 0.29) is 18.2 Å². The van der Waals surface area contributed by atoms with Gasteiger partial charge in [-0.3, -0.25) is 4.79 Å². The van der Waals surface area contributed by atoms with Crippen molar-refractivity contribution in [3.05, 3.63) is 0 Å². The van der Waals surface area contributed by atoms with E-state index in [1.54, 1.807) is 0 Å². The standard InChI is InChI=1S/C7H15BrN2O3S/c1-10(2)14(12,13)6-5-9-7(11)3-4-8/h3-6H2,1-2H3,(H,9,11). The van der Waals surface area contributed by atoms with Crippen LogP contribution in [0.2, 0.25) is 0 Å². The fraction of sp³-hybridized carbons (Fsp3) is 0.857. The number of nitrogens with zero attached hydrogens (tertiary/aromatic N) is 1. The molecule has 7 heteroatoms. The summed E-state index contributed by atoms with van der Waals surface area (Å²) < 4.78 is 23.6. The maximum absolute atomic E-state index is 11.2. The van der Waals surface area contributed by atoms with E-state index in [1.165, 1.54) is 14.1 Å². The van der Waals surface area contributed by atoms with Crippen LogP contribution < -0.4 is 5.32 Å². The summed E-state index contributed by atoms with van der Waals surface area (Å²) >= 11 is 3.12. The number of carbonyl (C=O) groups is 1. The molecule has 0 saturated carbocycles. The highest BCUT2D eigenvalue weighted by Gasteiger charge is 2.13. The number of rotatable bonds is 6. The van der Waals surface area contributed by atoms with Crippen LogP contribution in [0.5, 0.6) is 0 Å². The van der Waals surface area contributed by atoms with Crippen LogP contribution in [0.25, 0.3) is 0 Å². The van der Waals surface area contributed by atoms with E-state index in [1.807, 2.05) is 0 Å². The molecule has 0 radical (unpaired) electrons. The average Bonchev–Trinajstić information content (AvgIpc) is 2.04. The molecule has 0 aliphatic rings. The van der Waals surface area contributed by atoms with Gasteiger partial charge >= 0.3 is 0 Å². The molecule has 1 N–H and O–H groups in total. The van der Waals surface area contributed by atoms with E-state index < -0.39 is 10.0 Å². The van der Waals surface area contributed by atoms with E-state index >= 15 is 0 Å². The Morgan fingerprint density at radius 2 is 2.00 bits per heavy atom. The molecule has 5 nitrogen and oxygen atoms in total. The Kier molecular flexibility index (Phi) is 6.30. The first-order valence-electron chi connectivity index (χ1n) is 4.13. The lowest BCUT2D eigenvalue weighted by Crippen LogP contribution is -2.33. The molecule has 0 bridgehead atoms. The van der Waals surface area contributed by atoms with Crippen molar-refractivity contribution in [2.24, 2.45) is 0 Å². The zero-order valence-electron chi connectivity index (χ0n) is 8.29. The number of amides is 1. The summed E-state index contributed by atoms with van der Waals surface area (Å²) in [5.41, 5.74) is 0. The molecule has 0 aromatic rings. The number of hydrogen-bond donors (Lipinski definition) is 1.